The maximum Gasteiger partial charge on any atom is 0.0943 e. The zero-order chi connectivity index (χ0) is 9.23. The molecule has 0 aliphatic carbocycles. The highest BCUT2D eigenvalue weighted by Gasteiger charge is 1.93. The predicted molar refractivity (Wildman–Crippen MR) is 52.7 cm³/mol. The summed E-state index contributed by atoms with van der Waals surface area (Å²) in [6, 6.07) is 2.26. The number of hydrogen-bond acceptors (Lipinski definition) is 1. The lowest BCUT2D eigenvalue weighted by Gasteiger charge is -1.96. The Kier molecular flexibility index (Phi) is 7.79. The first-order valence-electron chi connectivity index (χ1n) is 4.94. The molecule has 0 heterocycles. The van der Waals surface area contributed by atoms with Crippen LogP contribution in [0, 0.1) is 11.3 Å². The normalized spacial score (nSPS) is 11.2. The summed E-state index contributed by atoms with van der Waals surface area (Å²) < 4.78 is 0. The second-order valence-corrected chi connectivity index (χ2v) is 3.09. The van der Waals surface area contributed by atoms with E-state index in [4.69, 9.17) is 5.26 Å². The van der Waals surface area contributed by atoms with Gasteiger partial charge in [-0.15, -0.1) is 0 Å². The van der Waals surface area contributed by atoms with Crippen molar-refractivity contribution in [2.24, 2.45) is 0 Å². The third-order valence-electron chi connectivity index (χ3n) is 1.87. The summed E-state index contributed by atoms with van der Waals surface area (Å²) in [6.45, 7) is 4.32. The van der Waals surface area contributed by atoms with Crippen molar-refractivity contribution in [3.8, 4) is 6.07 Å². The van der Waals surface area contributed by atoms with Gasteiger partial charge in [-0.1, -0.05) is 39.2 Å². The van der Waals surface area contributed by atoms with Crippen molar-refractivity contribution in [1.29, 1.82) is 5.26 Å². The number of allylic oxidation sites excluding steroid dienone is 2. The minimum atomic E-state index is 0.977. The molecule has 0 aromatic rings. The van der Waals surface area contributed by atoms with E-state index in [1.165, 1.54) is 19.3 Å². The first-order chi connectivity index (χ1) is 5.85. The second kappa shape index (κ2) is 8.33. The fraction of sp³-hybridized carbons (Fsp3) is 0.727. The predicted octanol–water partition coefficient (Wildman–Crippen LogP) is 3.82. The molecule has 0 rings (SSSR count). The van der Waals surface area contributed by atoms with E-state index in [0.29, 0.717) is 0 Å². The van der Waals surface area contributed by atoms with Crippen LogP contribution in [-0.2, 0) is 0 Å². The first-order valence-corrected chi connectivity index (χ1v) is 4.94. The van der Waals surface area contributed by atoms with Crippen molar-refractivity contribution in [2.45, 2.75) is 52.4 Å². The molecule has 0 N–H and O–H groups in total. The van der Waals surface area contributed by atoms with E-state index >= 15 is 0 Å². The number of rotatable bonds is 6. The van der Waals surface area contributed by atoms with Crippen molar-refractivity contribution in [3.63, 3.8) is 0 Å². The SMILES string of the molecule is CCC/C=C(/C#N)CCCCC. The molecule has 0 radical (unpaired) electrons. The van der Waals surface area contributed by atoms with Gasteiger partial charge in [0.15, 0.2) is 0 Å². The van der Waals surface area contributed by atoms with E-state index in [0.717, 1.165) is 24.8 Å². The molecule has 1 nitrogen and oxygen atoms in total. The zero-order valence-electron chi connectivity index (χ0n) is 8.27. The Morgan fingerprint density at radius 1 is 1.25 bits per heavy atom. The van der Waals surface area contributed by atoms with Gasteiger partial charge in [-0.05, 0) is 19.3 Å². The second-order valence-electron chi connectivity index (χ2n) is 3.09. The molecule has 0 saturated heterocycles. The molecule has 0 aromatic carbocycles. The molecule has 0 saturated carbocycles. The fourth-order valence-corrected chi connectivity index (χ4v) is 1.09. The highest BCUT2D eigenvalue weighted by molar-refractivity contribution is 5.19. The lowest BCUT2D eigenvalue weighted by Crippen LogP contribution is -1.81. The Morgan fingerprint density at radius 3 is 2.50 bits per heavy atom. The molecule has 1 heteroatoms. The summed E-state index contributed by atoms with van der Waals surface area (Å²) in [5.41, 5.74) is 0.977. The molecular formula is C11H19N. The Hall–Kier alpha value is -0.770. The topological polar surface area (TPSA) is 23.8 Å². The monoisotopic (exact) mass is 165 g/mol. The lowest BCUT2D eigenvalue weighted by atomic mass is 10.1. The third-order valence-corrected chi connectivity index (χ3v) is 1.87. The molecule has 0 atom stereocenters. The Balaban J connectivity index is 3.61. The van der Waals surface area contributed by atoms with Crippen LogP contribution in [0.25, 0.3) is 0 Å². The quantitative estimate of drug-likeness (QED) is 0.433. The van der Waals surface area contributed by atoms with E-state index in [1.807, 2.05) is 0 Å². The van der Waals surface area contributed by atoms with Crippen LogP contribution in [0.2, 0.25) is 0 Å². The van der Waals surface area contributed by atoms with E-state index in [-0.39, 0.29) is 0 Å². The molecule has 0 fully saturated rings. The Bertz CT molecular complexity index is 162. The van der Waals surface area contributed by atoms with Crippen LogP contribution in [-0.4, -0.2) is 0 Å². The highest BCUT2D eigenvalue weighted by Crippen LogP contribution is 2.09. The summed E-state index contributed by atoms with van der Waals surface area (Å²) in [5, 5.41) is 8.73. The van der Waals surface area contributed by atoms with Gasteiger partial charge in [0, 0.05) is 5.57 Å². The summed E-state index contributed by atoms with van der Waals surface area (Å²) in [6.07, 6.45) is 8.88. The third kappa shape index (κ3) is 5.97. The van der Waals surface area contributed by atoms with Crippen LogP contribution < -0.4 is 0 Å². The molecule has 0 aromatic heterocycles. The molecule has 0 aliphatic heterocycles. The number of nitrogens with zero attached hydrogens (tertiary/aromatic N) is 1. The standard InChI is InChI=1S/C11H19N/c1-3-5-7-9-11(10-12)8-6-4-2/h8H,3-7,9H2,1-2H3/b11-8+. The molecular weight excluding hydrogens is 146 g/mol. The van der Waals surface area contributed by atoms with Gasteiger partial charge in [-0.25, -0.2) is 0 Å². The molecule has 0 aliphatic rings. The molecule has 12 heavy (non-hydrogen) atoms. The average molecular weight is 165 g/mol. The van der Waals surface area contributed by atoms with Gasteiger partial charge in [0.05, 0.1) is 6.07 Å². The minimum Gasteiger partial charge on any atom is -0.193 e. The Morgan fingerprint density at radius 2 is 2.00 bits per heavy atom. The lowest BCUT2D eigenvalue weighted by molar-refractivity contribution is 0.718. The van der Waals surface area contributed by atoms with Gasteiger partial charge in [0.25, 0.3) is 0 Å². The van der Waals surface area contributed by atoms with E-state index in [2.05, 4.69) is 26.0 Å². The maximum absolute atomic E-state index is 8.73. The minimum absolute atomic E-state index is 0.977. The van der Waals surface area contributed by atoms with Crippen LogP contribution >= 0.6 is 0 Å². The first kappa shape index (κ1) is 11.2. The molecule has 0 amide bonds. The largest absolute Gasteiger partial charge is 0.193 e. The summed E-state index contributed by atoms with van der Waals surface area (Å²) in [4.78, 5) is 0. The van der Waals surface area contributed by atoms with Gasteiger partial charge >= 0.3 is 0 Å². The van der Waals surface area contributed by atoms with Crippen LogP contribution in [0.3, 0.4) is 0 Å². The van der Waals surface area contributed by atoms with Gasteiger partial charge < -0.3 is 0 Å². The fourth-order valence-electron chi connectivity index (χ4n) is 1.09. The Labute approximate surface area is 76.1 Å². The van der Waals surface area contributed by atoms with Gasteiger partial charge in [0.2, 0.25) is 0 Å². The van der Waals surface area contributed by atoms with Crippen molar-refractivity contribution >= 4 is 0 Å². The van der Waals surface area contributed by atoms with Crippen molar-refractivity contribution < 1.29 is 0 Å². The van der Waals surface area contributed by atoms with Crippen LogP contribution in [0.5, 0.6) is 0 Å². The van der Waals surface area contributed by atoms with Gasteiger partial charge in [-0.3, -0.25) is 0 Å². The van der Waals surface area contributed by atoms with Gasteiger partial charge in [0.1, 0.15) is 0 Å². The van der Waals surface area contributed by atoms with Crippen LogP contribution in [0.15, 0.2) is 11.6 Å². The van der Waals surface area contributed by atoms with E-state index in [1.54, 1.807) is 0 Å². The van der Waals surface area contributed by atoms with Crippen molar-refractivity contribution in [1.82, 2.24) is 0 Å². The smallest absolute Gasteiger partial charge is 0.0943 e. The molecule has 0 unspecified atom stereocenters. The molecule has 0 bridgehead atoms. The molecule has 0 spiro atoms. The average Bonchev–Trinajstić information content (AvgIpc) is 2.11. The number of hydrogen-bond donors (Lipinski definition) is 0. The maximum atomic E-state index is 8.73. The van der Waals surface area contributed by atoms with E-state index < -0.39 is 0 Å². The van der Waals surface area contributed by atoms with Crippen LogP contribution in [0.4, 0.5) is 0 Å². The summed E-state index contributed by atoms with van der Waals surface area (Å²) in [7, 11) is 0. The highest BCUT2D eigenvalue weighted by atomic mass is 14.2. The zero-order valence-corrected chi connectivity index (χ0v) is 8.27. The summed E-state index contributed by atoms with van der Waals surface area (Å²) >= 11 is 0. The number of unbranched alkanes of at least 4 members (excludes halogenated alkanes) is 3. The molecule has 68 valence electrons. The van der Waals surface area contributed by atoms with Gasteiger partial charge in [-0.2, -0.15) is 5.26 Å². The summed E-state index contributed by atoms with van der Waals surface area (Å²) in [5.74, 6) is 0. The van der Waals surface area contributed by atoms with Crippen molar-refractivity contribution in [3.05, 3.63) is 11.6 Å². The van der Waals surface area contributed by atoms with E-state index in [9.17, 15) is 0 Å². The van der Waals surface area contributed by atoms with Crippen molar-refractivity contribution in [2.75, 3.05) is 0 Å². The number of nitriles is 1. The van der Waals surface area contributed by atoms with Crippen LogP contribution in [0.1, 0.15) is 52.4 Å².